The standard InChI is InChI=1S/C32H22N2O2/c35-31(33-27-13-5-1-9-23(27)24-10-2-6-14-28(24)33)21-17-19-22(20-18-21)32(36)34-29-15-7-3-11-25(29)26-12-4-8-16-30(26)34/h1-20,23,27H/t23-,27+/m1/s1. The van der Waals surface area contributed by atoms with Crippen LogP contribution in [0.25, 0.3) is 21.8 Å². The van der Waals surface area contributed by atoms with Crippen LogP contribution in [0.3, 0.4) is 0 Å². The van der Waals surface area contributed by atoms with Crippen molar-refractivity contribution in [3.05, 3.63) is 138 Å². The molecule has 4 aromatic carbocycles. The molecule has 4 heteroatoms. The molecule has 2 atom stereocenters. The first-order chi connectivity index (χ1) is 17.7. The van der Waals surface area contributed by atoms with Crippen molar-refractivity contribution < 1.29 is 9.59 Å². The molecule has 0 radical (unpaired) electrons. The first-order valence-electron chi connectivity index (χ1n) is 12.1. The maximum atomic E-state index is 13.7. The summed E-state index contributed by atoms with van der Waals surface area (Å²) >= 11 is 0. The number of nitrogens with zero attached hydrogens (tertiary/aromatic N) is 2. The van der Waals surface area contributed by atoms with Crippen molar-refractivity contribution in [3.63, 3.8) is 0 Å². The third kappa shape index (κ3) is 2.94. The number of hydrogen-bond acceptors (Lipinski definition) is 2. The Hall–Kier alpha value is -4.70. The Morgan fingerprint density at radius 3 is 1.83 bits per heavy atom. The number of carbonyl (C=O) groups excluding carboxylic acids is 2. The zero-order valence-corrected chi connectivity index (χ0v) is 19.4. The Balaban J connectivity index is 1.25. The molecule has 0 spiro atoms. The van der Waals surface area contributed by atoms with E-state index in [9.17, 15) is 9.59 Å². The van der Waals surface area contributed by atoms with Crippen LogP contribution in [0.5, 0.6) is 0 Å². The van der Waals surface area contributed by atoms with Crippen LogP contribution in [-0.2, 0) is 0 Å². The summed E-state index contributed by atoms with van der Waals surface area (Å²) in [5, 5.41) is 2.09. The number of para-hydroxylation sites is 3. The van der Waals surface area contributed by atoms with Crippen LogP contribution in [0.1, 0.15) is 32.2 Å². The zero-order chi connectivity index (χ0) is 24.2. The summed E-state index contributed by atoms with van der Waals surface area (Å²) in [5.74, 6) is -0.0181. The predicted molar refractivity (Wildman–Crippen MR) is 144 cm³/mol. The van der Waals surface area contributed by atoms with E-state index < -0.39 is 0 Å². The number of benzene rings is 4. The van der Waals surface area contributed by atoms with Crippen molar-refractivity contribution >= 4 is 39.3 Å². The lowest BCUT2D eigenvalue weighted by atomic mass is 9.91. The molecule has 5 aromatic rings. The fraction of sp³-hybridized carbons (Fsp3) is 0.0625. The van der Waals surface area contributed by atoms with Gasteiger partial charge in [0.1, 0.15) is 0 Å². The van der Waals surface area contributed by atoms with Gasteiger partial charge in [-0.25, -0.2) is 0 Å². The molecule has 4 nitrogen and oxygen atoms in total. The molecule has 0 fully saturated rings. The van der Waals surface area contributed by atoms with Gasteiger partial charge in [-0.15, -0.1) is 0 Å². The van der Waals surface area contributed by atoms with Gasteiger partial charge in [0.15, 0.2) is 0 Å². The van der Waals surface area contributed by atoms with E-state index in [1.165, 1.54) is 0 Å². The van der Waals surface area contributed by atoms with Crippen LogP contribution < -0.4 is 4.90 Å². The number of allylic oxidation sites excluding steroid dienone is 2. The van der Waals surface area contributed by atoms with E-state index >= 15 is 0 Å². The average molecular weight is 467 g/mol. The van der Waals surface area contributed by atoms with Gasteiger partial charge in [0.2, 0.25) is 0 Å². The molecular weight excluding hydrogens is 444 g/mol. The predicted octanol–water partition coefficient (Wildman–Crippen LogP) is 6.72. The Bertz CT molecular complexity index is 1690. The quantitative estimate of drug-likeness (QED) is 0.290. The molecule has 0 saturated heterocycles. The van der Waals surface area contributed by atoms with Crippen LogP contribution in [0.2, 0.25) is 0 Å². The molecular formula is C32H22N2O2. The van der Waals surface area contributed by atoms with E-state index in [0.717, 1.165) is 33.1 Å². The number of rotatable bonds is 2. The van der Waals surface area contributed by atoms with Crippen molar-refractivity contribution in [2.24, 2.45) is 0 Å². The summed E-state index contributed by atoms with van der Waals surface area (Å²) in [6.07, 6.45) is 8.29. The van der Waals surface area contributed by atoms with Crippen molar-refractivity contribution in [3.8, 4) is 0 Å². The second kappa shape index (κ2) is 7.92. The summed E-state index contributed by atoms with van der Waals surface area (Å²) < 4.78 is 1.77. The molecule has 1 aromatic heterocycles. The van der Waals surface area contributed by atoms with Crippen LogP contribution in [-0.4, -0.2) is 22.4 Å². The van der Waals surface area contributed by atoms with Gasteiger partial charge in [-0.3, -0.25) is 14.2 Å². The molecule has 2 aliphatic rings. The van der Waals surface area contributed by atoms with Crippen LogP contribution in [0, 0.1) is 0 Å². The molecule has 0 bridgehead atoms. The Kier molecular flexibility index (Phi) is 4.55. The summed E-state index contributed by atoms with van der Waals surface area (Å²) in [6.45, 7) is 0. The lowest BCUT2D eigenvalue weighted by Crippen LogP contribution is -2.38. The number of carbonyl (C=O) groups is 2. The third-order valence-corrected chi connectivity index (χ3v) is 7.34. The molecule has 172 valence electrons. The highest BCUT2D eigenvalue weighted by Crippen LogP contribution is 2.44. The van der Waals surface area contributed by atoms with Crippen molar-refractivity contribution in [2.45, 2.75) is 12.0 Å². The van der Waals surface area contributed by atoms with Gasteiger partial charge < -0.3 is 4.90 Å². The van der Waals surface area contributed by atoms with E-state index in [2.05, 4.69) is 18.2 Å². The lowest BCUT2D eigenvalue weighted by Gasteiger charge is -2.26. The van der Waals surface area contributed by atoms with Crippen molar-refractivity contribution in [1.82, 2.24) is 4.57 Å². The summed E-state index contributed by atoms with van der Waals surface area (Å²) in [6, 6.07) is 31.0. The Labute approximate surface area is 208 Å². The highest BCUT2D eigenvalue weighted by molar-refractivity contribution is 6.16. The van der Waals surface area contributed by atoms with Gasteiger partial charge in [0.25, 0.3) is 11.8 Å². The molecule has 36 heavy (non-hydrogen) atoms. The van der Waals surface area contributed by atoms with Gasteiger partial charge in [0, 0.05) is 33.5 Å². The highest BCUT2D eigenvalue weighted by Gasteiger charge is 2.39. The average Bonchev–Trinajstić information content (AvgIpc) is 3.46. The van der Waals surface area contributed by atoms with E-state index in [0.29, 0.717) is 11.1 Å². The van der Waals surface area contributed by atoms with Crippen molar-refractivity contribution in [2.75, 3.05) is 4.90 Å². The molecule has 2 heterocycles. The second-order valence-corrected chi connectivity index (χ2v) is 9.27. The number of hydrogen-bond donors (Lipinski definition) is 0. The van der Waals surface area contributed by atoms with E-state index in [4.69, 9.17) is 0 Å². The minimum Gasteiger partial charge on any atom is -0.300 e. The van der Waals surface area contributed by atoms with Crippen LogP contribution in [0.15, 0.2) is 121 Å². The normalized spacial score (nSPS) is 17.9. The second-order valence-electron chi connectivity index (χ2n) is 9.27. The fourth-order valence-electron chi connectivity index (χ4n) is 5.69. The minimum absolute atomic E-state index is 0.0428. The minimum atomic E-state index is -0.113. The van der Waals surface area contributed by atoms with Gasteiger partial charge in [-0.2, -0.15) is 0 Å². The van der Waals surface area contributed by atoms with Crippen LogP contribution >= 0.6 is 0 Å². The first-order valence-corrected chi connectivity index (χ1v) is 12.1. The molecule has 1 aliphatic carbocycles. The van der Waals surface area contributed by atoms with Crippen molar-refractivity contribution in [1.29, 1.82) is 0 Å². The van der Waals surface area contributed by atoms with E-state index in [1.807, 2.05) is 83.8 Å². The zero-order valence-electron chi connectivity index (χ0n) is 19.4. The molecule has 1 amide bonds. The molecule has 7 rings (SSSR count). The molecule has 0 N–H and O–H groups in total. The summed E-state index contributed by atoms with van der Waals surface area (Å²) in [5.41, 5.74) is 4.96. The maximum absolute atomic E-state index is 13.7. The monoisotopic (exact) mass is 466 g/mol. The van der Waals surface area contributed by atoms with Gasteiger partial charge in [-0.05, 0) is 48.0 Å². The number of aromatic nitrogens is 1. The fourth-order valence-corrected chi connectivity index (χ4v) is 5.69. The SMILES string of the molecule is O=C(c1ccc(C(=O)n2c3ccccc3c3ccccc32)cc1)N1c2ccccc2[C@H]2C=CC=C[C@@H]21. The van der Waals surface area contributed by atoms with E-state index in [1.54, 1.807) is 28.8 Å². The number of fused-ring (bicyclic) bond motifs is 6. The summed E-state index contributed by atoms with van der Waals surface area (Å²) in [7, 11) is 0. The van der Waals surface area contributed by atoms with Gasteiger partial charge >= 0.3 is 0 Å². The number of anilines is 1. The van der Waals surface area contributed by atoms with Gasteiger partial charge in [0.05, 0.1) is 17.1 Å². The Morgan fingerprint density at radius 2 is 1.14 bits per heavy atom. The number of amides is 1. The topological polar surface area (TPSA) is 42.3 Å². The first kappa shape index (κ1) is 20.7. The molecule has 0 saturated carbocycles. The summed E-state index contributed by atoms with van der Waals surface area (Å²) in [4.78, 5) is 29.3. The lowest BCUT2D eigenvalue weighted by molar-refractivity contribution is 0.0962. The third-order valence-electron chi connectivity index (χ3n) is 7.34. The largest absolute Gasteiger partial charge is 0.300 e. The molecule has 0 unspecified atom stereocenters. The van der Waals surface area contributed by atoms with Crippen LogP contribution in [0.4, 0.5) is 5.69 Å². The highest BCUT2D eigenvalue weighted by atomic mass is 16.2. The molecule has 1 aliphatic heterocycles. The smallest absolute Gasteiger partial charge is 0.262 e. The van der Waals surface area contributed by atoms with E-state index in [-0.39, 0.29) is 23.8 Å². The Morgan fingerprint density at radius 1 is 0.583 bits per heavy atom. The maximum Gasteiger partial charge on any atom is 0.262 e. The van der Waals surface area contributed by atoms with Gasteiger partial charge in [-0.1, -0.05) is 78.9 Å².